The van der Waals surface area contributed by atoms with E-state index in [4.69, 9.17) is 5.11 Å². The molecule has 18 heavy (non-hydrogen) atoms. The number of carbonyl (C=O) groups is 1. The number of nitro benzene ring substituents is 1. The Bertz CT molecular complexity index is 403. The highest BCUT2D eigenvalue weighted by Gasteiger charge is 2.03. The Labute approximate surface area is 105 Å². The summed E-state index contributed by atoms with van der Waals surface area (Å²) in [4.78, 5) is 20.3. The van der Waals surface area contributed by atoms with Crippen LogP contribution in [0.25, 0.3) is 0 Å². The van der Waals surface area contributed by atoms with E-state index < -0.39 is 10.9 Å². The van der Waals surface area contributed by atoms with E-state index in [1.54, 1.807) is 12.1 Å². The molecule has 1 aromatic rings. The second-order valence-corrected chi connectivity index (χ2v) is 3.94. The van der Waals surface area contributed by atoms with E-state index in [9.17, 15) is 14.9 Å². The van der Waals surface area contributed by atoms with Gasteiger partial charge in [-0.2, -0.15) is 0 Å². The number of aliphatic carboxylic acids is 1. The number of nitrogens with one attached hydrogen (secondary N) is 1. The summed E-state index contributed by atoms with van der Waals surface area (Å²) in [5.74, 6) is -0.765. The van der Waals surface area contributed by atoms with Crippen molar-refractivity contribution >= 4 is 17.3 Å². The maximum atomic E-state index is 10.4. The standard InChI is InChI=1S/C12H16N2O4/c15-12(16)4-2-1-3-9-13-10-5-7-11(8-6-10)14(17)18/h5-8,13H,1-4,9H2,(H,15,16). The molecular formula is C12H16N2O4. The van der Waals surface area contributed by atoms with Crippen molar-refractivity contribution in [3.63, 3.8) is 0 Å². The van der Waals surface area contributed by atoms with Gasteiger partial charge in [-0.3, -0.25) is 14.9 Å². The molecule has 6 heteroatoms. The molecule has 0 spiro atoms. The Morgan fingerprint density at radius 3 is 2.44 bits per heavy atom. The van der Waals surface area contributed by atoms with Gasteiger partial charge in [-0.15, -0.1) is 0 Å². The van der Waals surface area contributed by atoms with Crippen molar-refractivity contribution in [2.24, 2.45) is 0 Å². The molecule has 0 radical (unpaired) electrons. The van der Waals surface area contributed by atoms with Gasteiger partial charge in [0.05, 0.1) is 4.92 Å². The molecule has 0 aliphatic heterocycles. The van der Waals surface area contributed by atoms with Crippen LogP contribution < -0.4 is 5.32 Å². The number of unbranched alkanes of at least 4 members (excludes halogenated alkanes) is 2. The van der Waals surface area contributed by atoms with E-state index >= 15 is 0 Å². The summed E-state index contributed by atoms with van der Waals surface area (Å²) in [6, 6.07) is 6.23. The SMILES string of the molecule is O=C(O)CCCCCNc1ccc([N+](=O)[O-])cc1. The minimum atomic E-state index is -0.765. The van der Waals surface area contributed by atoms with E-state index in [0.717, 1.165) is 25.1 Å². The van der Waals surface area contributed by atoms with Gasteiger partial charge in [0.25, 0.3) is 5.69 Å². The molecular weight excluding hydrogens is 236 g/mol. The van der Waals surface area contributed by atoms with Gasteiger partial charge in [0.1, 0.15) is 0 Å². The van der Waals surface area contributed by atoms with Crippen LogP contribution in [0.2, 0.25) is 0 Å². The lowest BCUT2D eigenvalue weighted by molar-refractivity contribution is -0.384. The second kappa shape index (κ2) is 7.26. The average molecular weight is 252 g/mol. The smallest absolute Gasteiger partial charge is 0.303 e. The molecule has 0 heterocycles. The summed E-state index contributed by atoms with van der Waals surface area (Å²) in [7, 11) is 0. The highest BCUT2D eigenvalue weighted by atomic mass is 16.6. The predicted octanol–water partition coefficient (Wildman–Crippen LogP) is 2.65. The van der Waals surface area contributed by atoms with E-state index in [2.05, 4.69) is 5.32 Å². The zero-order chi connectivity index (χ0) is 13.4. The Morgan fingerprint density at radius 2 is 1.89 bits per heavy atom. The summed E-state index contributed by atoms with van der Waals surface area (Å²) in [5.41, 5.74) is 0.904. The lowest BCUT2D eigenvalue weighted by atomic mass is 10.2. The average Bonchev–Trinajstić information content (AvgIpc) is 2.34. The van der Waals surface area contributed by atoms with Gasteiger partial charge in [-0.25, -0.2) is 0 Å². The number of carboxylic acids is 1. The summed E-state index contributed by atoms with van der Waals surface area (Å²) >= 11 is 0. The van der Waals surface area contributed by atoms with Gasteiger partial charge in [0.2, 0.25) is 0 Å². The van der Waals surface area contributed by atoms with Crippen molar-refractivity contribution in [2.75, 3.05) is 11.9 Å². The molecule has 1 rings (SSSR count). The van der Waals surface area contributed by atoms with Crippen molar-refractivity contribution in [2.45, 2.75) is 25.7 Å². The first-order chi connectivity index (χ1) is 8.59. The van der Waals surface area contributed by atoms with Crippen LogP contribution in [-0.4, -0.2) is 22.5 Å². The number of carboxylic acid groups (broad SMARTS) is 1. The van der Waals surface area contributed by atoms with Gasteiger partial charge < -0.3 is 10.4 Å². The fraction of sp³-hybridized carbons (Fsp3) is 0.417. The maximum absolute atomic E-state index is 10.4. The van der Waals surface area contributed by atoms with Crippen molar-refractivity contribution in [3.05, 3.63) is 34.4 Å². The Balaban J connectivity index is 2.19. The monoisotopic (exact) mass is 252 g/mol. The number of hydrogen-bond acceptors (Lipinski definition) is 4. The first-order valence-corrected chi connectivity index (χ1v) is 5.79. The van der Waals surface area contributed by atoms with Crippen LogP contribution in [0.4, 0.5) is 11.4 Å². The number of rotatable bonds is 8. The minimum absolute atomic E-state index is 0.0713. The van der Waals surface area contributed by atoms with E-state index in [1.807, 2.05) is 0 Å². The molecule has 0 saturated carbocycles. The molecule has 6 nitrogen and oxygen atoms in total. The van der Waals surface area contributed by atoms with Crippen LogP contribution >= 0.6 is 0 Å². The summed E-state index contributed by atoms with van der Waals surface area (Å²) < 4.78 is 0. The topological polar surface area (TPSA) is 92.5 Å². The highest BCUT2D eigenvalue weighted by Crippen LogP contribution is 2.15. The molecule has 2 N–H and O–H groups in total. The van der Waals surface area contributed by atoms with Crippen LogP contribution in [0.1, 0.15) is 25.7 Å². The number of nitrogens with zero attached hydrogens (tertiary/aromatic N) is 1. The van der Waals surface area contributed by atoms with Gasteiger partial charge in [0.15, 0.2) is 0 Å². The third kappa shape index (κ3) is 5.29. The summed E-state index contributed by atoms with van der Waals surface area (Å²) in [5, 5.41) is 22.0. The molecule has 0 amide bonds. The molecule has 0 unspecified atom stereocenters. The lowest BCUT2D eigenvalue weighted by Gasteiger charge is -2.05. The Hall–Kier alpha value is -2.11. The van der Waals surface area contributed by atoms with Gasteiger partial charge in [-0.05, 0) is 25.0 Å². The third-order valence-corrected chi connectivity index (χ3v) is 2.47. The van der Waals surface area contributed by atoms with Crippen molar-refractivity contribution in [1.82, 2.24) is 0 Å². The van der Waals surface area contributed by atoms with Crippen LogP contribution in [0.5, 0.6) is 0 Å². The number of non-ortho nitro benzene ring substituents is 1. The lowest BCUT2D eigenvalue weighted by Crippen LogP contribution is -2.02. The molecule has 0 saturated heterocycles. The molecule has 0 fully saturated rings. The number of anilines is 1. The predicted molar refractivity (Wildman–Crippen MR) is 67.7 cm³/mol. The van der Waals surface area contributed by atoms with Crippen molar-refractivity contribution in [3.8, 4) is 0 Å². The second-order valence-electron chi connectivity index (χ2n) is 3.94. The third-order valence-electron chi connectivity index (χ3n) is 2.47. The quantitative estimate of drug-likeness (QED) is 0.421. The zero-order valence-corrected chi connectivity index (χ0v) is 9.96. The fourth-order valence-electron chi connectivity index (χ4n) is 1.51. The van der Waals surface area contributed by atoms with E-state index in [-0.39, 0.29) is 12.1 Å². The highest BCUT2D eigenvalue weighted by molar-refractivity contribution is 5.66. The molecule has 0 aliphatic carbocycles. The fourth-order valence-corrected chi connectivity index (χ4v) is 1.51. The van der Waals surface area contributed by atoms with Gasteiger partial charge >= 0.3 is 5.97 Å². The minimum Gasteiger partial charge on any atom is -0.481 e. The molecule has 98 valence electrons. The van der Waals surface area contributed by atoms with E-state index in [1.165, 1.54) is 12.1 Å². The van der Waals surface area contributed by atoms with Crippen LogP contribution in [0.15, 0.2) is 24.3 Å². The normalized spacial score (nSPS) is 10.0. The van der Waals surface area contributed by atoms with E-state index in [0.29, 0.717) is 6.42 Å². The first kappa shape index (κ1) is 14.0. The maximum Gasteiger partial charge on any atom is 0.303 e. The summed E-state index contributed by atoms with van der Waals surface area (Å²) in [6.07, 6.45) is 2.62. The summed E-state index contributed by atoms with van der Waals surface area (Å²) in [6.45, 7) is 0.734. The molecule has 0 bridgehead atoms. The Morgan fingerprint density at radius 1 is 1.22 bits per heavy atom. The molecule has 0 atom stereocenters. The van der Waals surface area contributed by atoms with Gasteiger partial charge in [0, 0.05) is 30.8 Å². The Kier molecular flexibility index (Phi) is 5.63. The van der Waals surface area contributed by atoms with Crippen LogP contribution in [0.3, 0.4) is 0 Å². The molecule has 0 aromatic heterocycles. The zero-order valence-electron chi connectivity index (χ0n) is 9.96. The van der Waals surface area contributed by atoms with Crippen LogP contribution in [0, 0.1) is 10.1 Å². The molecule has 0 aliphatic rings. The van der Waals surface area contributed by atoms with Crippen molar-refractivity contribution in [1.29, 1.82) is 0 Å². The number of hydrogen-bond donors (Lipinski definition) is 2. The number of benzene rings is 1. The van der Waals surface area contributed by atoms with Crippen molar-refractivity contribution < 1.29 is 14.8 Å². The first-order valence-electron chi connectivity index (χ1n) is 5.79. The van der Waals surface area contributed by atoms with Gasteiger partial charge in [-0.1, -0.05) is 6.42 Å². The van der Waals surface area contributed by atoms with Crippen LogP contribution in [-0.2, 0) is 4.79 Å². The largest absolute Gasteiger partial charge is 0.481 e. The number of nitro groups is 1. The molecule has 1 aromatic carbocycles.